The SMILES string of the molecule is COc1ccc(N(CC(=O)N[C@@H](CC(C)C)c2ccccc2)S(C)(=O)=O)cc1Cl. The zero-order valence-electron chi connectivity index (χ0n) is 17.1. The highest BCUT2D eigenvalue weighted by molar-refractivity contribution is 7.92. The van der Waals surface area contributed by atoms with Crippen molar-refractivity contribution in [1.29, 1.82) is 0 Å². The van der Waals surface area contributed by atoms with Crippen molar-refractivity contribution in [2.75, 3.05) is 24.2 Å². The highest BCUT2D eigenvalue weighted by atomic mass is 35.5. The lowest BCUT2D eigenvalue weighted by Gasteiger charge is -2.25. The molecule has 0 heterocycles. The Morgan fingerprint density at radius 3 is 2.34 bits per heavy atom. The molecule has 0 bridgehead atoms. The Labute approximate surface area is 177 Å². The fourth-order valence-electron chi connectivity index (χ4n) is 3.02. The quantitative estimate of drug-likeness (QED) is 0.641. The summed E-state index contributed by atoms with van der Waals surface area (Å²) in [5.41, 5.74) is 1.28. The first kappa shape index (κ1) is 23.0. The van der Waals surface area contributed by atoms with Gasteiger partial charge in [-0.3, -0.25) is 9.10 Å². The minimum atomic E-state index is -3.70. The van der Waals surface area contributed by atoms with Crippen LogP contribution in [0.25, 0.3) is 0 Å². The second-order valence-corrected chi connectivity index (χ2v) is 9.56. The molecule has 2 aromatic carbocycles. The van der Waals surface area contributed by atoms with E-state index in [4.69, 9.17) is 16.3 Å². The van der Waals surface area contributed by atoms with E-state index in [0.29, 0.717) is 17.4 Å². The van der Waals surface area contributed by atoms with Crippen molar-refractivity contribution in [3.63, 3.8) is 0 Å². The number of nitrogens with zero attached hydrogens (tertiary/aromatic N) is 1. The number of rotatable bonds is 9. The summed E-state index contributed by atoms with van der Waals surface area (Å²) >= 11 is 6.13. The summed E-state index contributed by atoms with van der Waals surface area (Å²) < 4.78 is 30.8. The van der Waals surface area contributed by atoms with E-state index in [-0.39, 0.29) is 17.6 Å². The number of benzene rings is 2. The Hall–Kier alpha value is -2.25. The minimum absolute atomic E-state index is 0.204. The fourth-order valence-corrected chi connectivity index (χ4v) is 4.12. The topological polar surface area (TPSA) is 75.7 Å². The second kappa shape index (κ2) is 9.98. The number of carbonyl (C=O) groups excluding carboxylic acids is 1. The normalized spacial score (nSPS) is 12.5. The van der Waals surface area contributed by atoms with Gasteiger partial charge in [0.25, 0.3) is 0 Å². The molecule has 0 aliphatic rings. The molecule has 0 radical (unpaired) electrons. The maximum absolute atomic E-state index is 12.8. The Morgan fingerprint density at radius 1 is 1.17 bits per heavy atom. The third kappa shape index (κ3) is 6.65. The molecule has 2 rings (SSSR count). The van der Waals surface area contributed by atoms with E-state index in [0.717, 1.165) is 22.5 Å². The van der Waals surface area contributed by atoms with Gasteiger partial charge in [0.15, 0.2) is 0 Å². The van der Waals surface area contributed by atoms with Crippen LogP contribution in [0.4, 0.5) is 5.69 Å². The molecule has 0 aliphatic heterocycles. The van der Waals surface area contributed by atoms with Crippen molar-refractivity contribution in [2.45, 2.75) is 26.3 Å². The zero-order valence-corrected chi connectivity index (χ0v) is 18.6. The number of nitrogens with one attached hydrogen (secondary N) is 1. The molecule has 0 aliphatic carbocycles. The molecule has 0 aromatic heterocycles. The maximum atomic E-state index is 12.8. The van der Waals surface area contributed by atoms with Gasteiger partial charge in [0, 0.05) is 0 Å². The summed E-state index contributed by atoms with van der Waals surface area (Å²) in [6.45, 7) is 3.80. The minimum Gasteiger partial charge on any atom is -0.495 e. The van der Waals surface area contributed by atoms with E-state index in [9.17, 15) is 13.2 Å². The Balaban J connectivity index is 2.24. The van der Waals surface area contributed by atoms with E-state index in [1.165, 1.54) is 13.2 Å². The number of carbonyl (C=O) groups is 1. The molecular weight excluding hydrogens is 412 g/mol. The average Bonchev–Trinajstić information content (AvgIpc) is 2.65. The molecule has 29 heavy (non-hydrogen) atoms. The second-order valence-electron chi connectivity index (χ2n) is 7.25. The highest BCUT2D eigenvalue weighted by Gasteiger charge is 2.24. The van der Waals surface area contributed by atoms with E-state index in [1.807, 2.05) is 30.3 Å². The van der Waals surface area contributed by atoms with Crippen LogP contribution < -0.4 is 14.4 Å². The van der Waals surface area contributed by atoms with E-state index < -0.39 is 15.9 Å². The van der Waals surface area contributed by atoms with Gasteiger partial charge < -0.3 is 10.1 Å². The van der Waals surface area contributed by atoms with Gasteiger partial charge >= 0.3 is 0 Å². The van der Waals surface area contributed by atoms with E-state index in [1.54, 1.807) is 12.1 Å². The molecule has 0 saturated carbocycles. The summed E-state index contributed by atoms with van der Waals surface area (Å²) in [4.78, 5) is 12.8. The van der Waals surface area contributed by atoms with Crippen LogP contribution in [0.1, 0.15) is 31.9 Å². The molecular formula is C21H27ClN2O4S. The number of sulfonamides is 1. The summed E-state index contributed by atoms with van der Waals surface area (Å²) in [5, 5.41) is 3.24. The summed E-state index contributed by atoms with van der Waals surface area (Å²) in [6, 6.07) is 14.0. The Morgan fingerprint density at radius 2 is 1.83 bits per heavy atom. The molecule has 0 spiro atoms. The molecule has 8 heteroatoms. The van der Waals surface area contributed by atoms with Crippen LogP contribution in [0, 0.1) is 5.92 Å². The lowest BCUT2D eigenvalue weighted by atomic mass is 9.97. The predicted molar refractivity (Wildman–Crippen MR) is 117 cm³/mol. The first-order valence-corrected chi connectivity index (χ1v) is 11.5. The molecule has 2 aromatic rings. The predicted octanol–water partition coefficient (Wildman–Crippen LogP) is 4.02. The molecule has 1 N–H and O–H groups in total. The van der Waals surface area contributed by atoms with Crippen molar-refractivity contribution in [3.05, 3.63) is 59.1 Å². The van der Waals surface area contributed by atoms with Crippen molar-refractivity contribution >= 4 is 33.2 Å². The summed E-state index contributed by atoms with van der Waals surface area (Å²) in [6.07, 6.45) is 1.80. The molecule has 6 nitrogen and oxygen atoms in total. The zero-order chi connectivity index (χ0) is 21.6. The average molecular weight is 439 g/mol. The van der Waals surface area contributed by atoms with Crippen LogP contribution in [0.2, 0.25) is 5.02 Å². The van der Waals surface area contributed by atoms with E-state index in [2.05, 4.69) is 19.2 Å². The van der Waals surface area contributed by atoms with Gasteiger partial charge in [-0.15, -0.1) is 0 Å². The number of methoxy groups -OCH3 is 1. The Kier molecular flexibility index (Phi) is 7.93. The molecule has 0 unspecified atom stereocenters. The smallest absolute Gasteiger partial charge is 0.241 e. The maximum Gasteiger partial charge on any atom is 0.241 e. The molecule has 0 fully saturated rings. The molecule has 1 amide bonds. The largest absolute Gasteiger partial charge is 0.495 e. The molecule has 158 valence electrons. The standard InChI is InChI=1S/C21H27ClN2O4S/c1-15(2)12-19(16-8-6-5-7-9-16)23-21(25)14-24(29(4,26)27)17-10-11-20(28-3)18(22)13-17/h5-11,13,15,19H,12,14H2,1-4H3,(H,23,25)/t19-/m0/s1. The monoisotopic (exact) mass is 438 g/mol. The lowest BCUT2D eigenvalue weighted by molar-refractivity contribution is -0.120. The van der Waals surface area contributed by atoms with Crippen LogP contribution in [-0.4, -0.2) is 34.2 Å². The summed E-state index contributed by atoms with van der Waals surface area (Å²) in [7, 11) is -2.23. The molecule has 1 atom stereocenters. The first-order valence-electron chi connectivity index (χ1n) is 9.27. The highest BCUT2D eigenvalue weighted by Crippen LogP contribution is 2.30. The number of hydrogen-bond donors (Lipinski definition) is 1. The van der Waals surface area contributed by atoms with Gasteiger partial charge in [-0.1, -0.05) is 55.8 Å². The number of ether oxygens (including phenoxy) is 1. The lowest BCUT2D eigenvalue weighted by Crippen LogP contribution is -2.41. The van der Waals surface area contributed by atoms with Gasteiger partial charge in [0.2, 0.25) is 15.9 Å². The number of halogens is 1. The van der Waals surface area contributed by atoms with Crippen LogP contribution in [0.15, 0.2) is 48.5 Å². The van der Waals surface area contributed by atoms with E-state index >= 15 is 0 Å². The number of anilines is 1. The van der Waals surface area contributed by atoms with Crippen LogP contribution in [-0.2, 0) is 14.8 Å². The van der Waals surface area contributed by atoms with Crippen molar-refractivity contribution in [1.82, 2.24) is 5.32 Å². The van der Waals surface area contributed by atoms with Crippen molar-refractivity contribution < 1.29 is 17.9 Å². The summed E-state index contributed by atoms with van der Waals surface area (Å²) in [5.74, 6) is 0.387. The third-order valence-corrected chi connectivity index (χ3v) is 5.79. The number of hydrogen-bond acceptors (Lipinski definition) is 4. The van der Waals surface area contributed by atoms with Crippen LogP contribution in [0.3, 0.4) is 0 Å². The number of amides is 1. The van der Waals surface area contributed by atoms with Gasteiger partial charge in [-0.05, 0) is 36.1 Å². The van der Waals surface area contributed by atoms with Gasteiger partial charge in [0.05, 0.1) is 30.1 Å². The fraction of sp³-hybridized carbons (Fsp3) is 0.381. The molecule has 0 saturated heterocycles. The first-order chi connectivity index (χ1) is 13.6. The van der Waals surface area contributed by atoms with Crippen molar-refractivity contribution in [3.8, 4) is 5.75 Å². The van der Waals surface area contributed by atoms with Gasteiger partial charge in [0.1, 0.15) is 12.3 Å². The van der Waals surface area contributed by atoms with Crippen LogP contribution >= 0.6 is 11.6 Å². The van der Waals surface area contributed by atoms with Gasteiger partial charge in [-0.25, -0.2) is 8.42 Å². The third-order valence-electron chi connectivity index (χ3n) is 4.36. The van der Waals surface area contributed by atoms with Crippen molar-refractivity contribution in [2.24, 2.45) is 5.92 Å². The Bertz CT molecular complexity index is 933. The van der Waals surface area contributed by atoms with Crippen LogP contribution in [0.5, 0.6) is 5.75 Å². The van der Waals surface area contributed by atoms with Gasteiger partial charge in [-0.2, -0.15) is 0 Å².